The number of anilines is 1. The fourth-order valence-corrected chi connectivity index (χ4v) is 2.29. The number of amides is 1. The van der Waals surface area contributed by atoms with Gasteiger partial charge in [-0.3, -0.25) is 4.79 Å². The molecule has 0 saturated carbocycles. The van der Waals surface area contributed by atoms with Crippen LogP contribution in [-0.4, -0.2) is 24.7 Å². The summed E-state index contributed by atoms with van der Waals surface area (Å²) in [5, 5.41) is 12.4. The molecular formula is C18H20ClNO4. The summed E-state index contributed by atoms with van der Waals surface area (Å²) < 4.78 is 11.0. The summed E-state index contributed by atoms with van der Waals surface area (Å²) >= 11 is 6.24. The first-order chi connectivity index (χ1) is 11.4. The van der Waals surface area contributed by atoms with Gasteiger partial charge in [-0.1, -0.05) is 31.5 Å². The SMILES string of the molecule is COc1cc(C(=O)Nc2cccc(O)c2)cc(Cl)c1OCC(C)C. The Hall–Kier alpha value is -2.40. The Morgan fingerprint density at radius 2 is 2.04 bits per heavy atom. The van der Waals surface area contributed by atoms with Crippen LogP contribution >= 0.6 is 11.6 Å². The van der Waals surface area contributed by atoms with E-state index in [0.29, 0.717) is 40.3 Å². The van der Waals surface area contributed by atoms with Crippen LogP contribution in [0.3, 0.4) is 0 Å². The van der Waals surface area contributed by atoms with E-state index in [2.05, 4.69) is 5.32 Å². The highest BCUT2D eigenvalue weighted by atomic mass is 35.5. The summed E-state index contributed by atoms with van der Waals surface area (Å²) in [7, 11) is 1.49. The van der Waals surface area contributed by atoms with Crippen molar-refractivity contribution in [3.63, 3.8) is 0 Å². The molecule has 0 aliphatic heterocycles. The minimum atomic E-state index is -0.365. The number of hydrogen-bond acceptors (Lipinski definition) is 4. The number of phenols is 1. The van der Waals surface area contributed by atoms with Crippen LogP contribution in [0.5, 0.6) is 17.2 Å². The third-order valence-electron chi connectivity index (χ3n) is 3.16. The zero-order chi connectivity index (χ0) is 17.7. The molecule has 128 valence electrons. The molecule has 2 N–H and O–H groups in total. The lowest BCUT2D eigenvalue weighted by Gasteiger charge is -2.15. The number of halogens is 1. The zero-order valence-corrected chi connectivity index (χ0v) is 14.6. The van der Waals surface area contributed by atoms with Crippen LogP contribution in [0.1, 0.15) is 24.2 Å². The molecule has 0 aromatic heterocycles. The van der Waals surface area contributed by atoms with Crippen LogP contribution < -0.4 is 14.8 Å². The highest BCUT2D eigenvalue weighted by molar-refractivity contribution is 6.32. The van der Waals surface area contributed by atoms with Gasteiger partial charge in [0.15, 0.2) is 11.5 Å². The molecule has 0 aliphatic rings. The number of carbonyl (C=O) groups excluding carboxylic acids is 1. The molecule has 2 rings (SSSR count). The second-order valence-electron chi connectivity index (χ2n) is 5.70. The van der Waals surface area contributed by atoms with E-state index in [-0.39, 0.29) is 11.7 Å². The first kappa shape index (κ1) is 17.9. The van der Waals surface area contributed by atoms with Gasteiger partial charge in [0.2, 0.25) is 0 Å². The van der Waals surface area contributed by atoms with Gasteiger partial charge in [-0.15, -0.1) is 0 Å². The Bertz CT molecular complexity index is 731. The van der Waals surface area contributed by atoms with Crippen molar-refractivity contribution in [1.29, 1.82) is 0 Å². The molecule has 0 radical (unpaired) electrons. The van der Waals surface area contributed by atoms with Crippen LogP contribution in [-0.2, 0) is 0 Å². The highest BCUT2D eigenvalue weighted by Crippen LogP contribution is 2.37. The van der Waals surface area contributed by atoms with Crippen molar-refractivity contribution in [2.24, 2.45) is 5.92 Å². The number of carbonyl (C=O) groups is 1. The summed E-state index contributed by atoms with van der Waals surface area (Å²) in [6.45, 7) is 4.54. The lowest BCUT2D eigenvalue weighted by Crippen LogP contribution is -2.13. The van der Waals surface area contributed by atoms with Crippen molar-refractivity contribution >= 4 is 23.2 Å². The third-order valence-corrected chi connectivity index (χ3v) is 3.44. The van der Waals surface area contributed by atoms with Crippen LogP contribution in [0.2, 0.25) is 5.02 Å². The Morgan fingerprint density at radius 1 is 1.29 bits per heavy atom. The Morgan fingerprint density at radius 3 is 2.67 bits per heavy atom. The molecule has 0 aliphatic carbocycles. The minimum Gasteiger partial charge on any atom is -0.508 e. The molecule has 0 fully saturated rings. The van der Waals surface area contributed by atoms with Gasteiger partial charge in [-0.25, -0.2) is 0 Å². The Labute approximate surface area is 146 Å². The van der Waals surface area contributed by atoms with Gasteiger partial charge >= 0.3 is 0 Å². The maximum atomic E-state index is 12.4. The third kappa shape index (κ3) is 4.55. The standard InChI is InChI=1S/C18H20ClNO4/c1-11(2)10-24-17-15(19)7-12(8-16(17)23-3)18(22)20-13-5-4-6-14(21)9-13/h4-9,11,21H,10H2,1-3H3,(H,20,22). The van der Waals surface area contributed by atoms with Gasteiger partial charge < -0.3 is 19.9 Å². The molecule has 0 spiro atoms. The normalized spacial score (nSPS) is 10.5. The molecule has 0 bridgehead atoms. The number of methoxy groups -OCH3 is 1. The fraction of sp³-hybridized carbons (Fsp3) is 0.278. The van der Waals surface area contributed by atoms with Crippen molar-refractivity contribution in [2.75, 3.05) is 19.0 Å². The summed E-state index contributed by atoms with van der Waals surface area (Å²) in [6, 6.07) is 9.39. The van der Waals surface area contributed by atoms with Crippen LogP contribution in [0.15, 0.2) is 36.4 Å². The number of ether oxygens (including phenoxy) is 2. The zero-order valence-electron chi connectivity index (χ0n) is 13.8. The van der Waals surface area contributed by atoms with Crippen molar-refractivity contribution in [3.05, 3.63) is 47.0 Å². The van der Waals surface area contributed by atoms with Gasteiger partial charge in [0.25, 0.3) is 5.91 Å². The summed E-state index contributed by atoms with van der Waals surface area (Å²) in [4.78, 5) is 12.4. The topological polar surface area (TPSA) is 67.8 Å². The average molecular weight is 350 g/mol. The average Bonchev–Trinajstić information content (AvgIpc) is 2.52. The van der Waals surface area contributed by atoms with Crippen LogP contribution in [0, 0.1) is 5.92 Å². The number of nitrogens with one attached hydrogen (secondary N) is 1. The van der Waals surface area contributed by atoms with E-state index in [9.17, 15) is 9.90 Å². The first-order valence-electron chi connectivity index (χ1n) is 7.51. The largest absolute Gasteiger partial charge is 0.508 e. The van der Waals surface area contributed by atoms with E-state index in [0.717, 1.165) is 0 Å². The first-order valence-corrected chi connectivity index (χ1v) is 7.89. The Kier molecular flexibility index (Phi) is 5.93. The molecule has 24 heavy (non-hydrogen) atoms. The van der Waals surface area contributed by atoms with Crippen LogP contribution in [0.4, 0.5) is 5.69 Å². The lowest BCUT2D eigenvalue weighted by molar-refractivity contribution is 0.102. The van der Waals surface area contributed by atoms with Gasteiger partial charge in [0.05, 0.1) is 18.7 Å². The second kappa shape index (κ2) is 7.93. The molecular weight excluding hydrogens is 330 g/mol. The number of aromatic hydroxyl groups is 1. The maximum absolute atomic E-state index is 12.4. The molecule has 1 amide bonds. The van der Waals surface area contributed by atoms with E-state index < -0.39 is 0 Å². The van der Waals surface area contributed by atoms with Crippen molar-refractivity contribution in [2.45, 2.75) is 13.8 Å². The summed E-state index contributed by atoms with van der Waals surface area (Å²) in [5.41, 5.74) is 0.812. The number of benzene rings is 2. The molecule has 6 heteroatoms. The van der Waals surface area contributed by atoms with E-state index >= 15 is 0 Å². The molecule has 2 aromatic rings. The summed E-state index contributed by atoms with van der Waals surface area (Å²) in [6.07, 6.45) is 0. The van der Waals surface area contributed by atoms with Crippen molar-refractivity contribution in [1.82, 2.24) is 0 Å². The summed E-state index contributed by atoms with van der Waals surface area (Å²) in [5.74, 6) is 0.850. The van der Waals surface area contributed by atoms with Gasteiger partial charge in [-0.05, 0) is 30.2 Å². The monoisotopic (exact) mass is 349 g/mol. The predicted octanol–water partition coefficient (Wildman–Crippen LogP) is 4.34. The van der Waals surface area contributed by atoms with Crippen molar-refractivity contribution in [3.8, 4) is 17.2 Å². The van der Waals surface area contributed by atoms with Gasteiger partial charge in [-0.2, -0.15) is 0 Å². The molecule has 0 saturated heterocycles. The molecule has 0 heterocycles. The van der Waals surface area contributed by atoms with Gasteiger partial charge in [0.1, 0.15) is 5.75 Å². The van der Waals surface area contributed by atoms with Crippen LogP contribution in [0.25, 0.3) is 0 Å². The molecule has 5 nitrogen and oxygen atoms in total. The number of rotatable bonds is 6. The maximum Gasteiger partial charge on any atom is 0.255 e. The molecule has 0 atom stereocenters. The number of phenolic OH excluding ortho intramolecular Hbond substituents is 1. The minimum absolute atomic E-state index is 0.0702. The highest BCUT2D eigenvalue weighted by Gasteiger charge is 2.16. The Balaban J connectivity index is 2.24. The van der Waals surface area contributed by atoms with E-state index in [1.54, 1.807) is 18.2 Å². The van der Waals surface area contributed by atoms with E-state index in [4.69, 9.17) is 21.1 Å². The second-order valence-corrected chi connectivity index (χ2v) is 6.11. The van der Waals surface area contributed by atoms with Crippen molar-refractivity contribution < 1.29 is 19.4 Å². The van der Waals surface area contributed by atoms with Gasteiger partial charge in [0, 0.05) is 17.3 Å². The number of hydrogen-bond donors (Lipinski definition) is 2. The van der Waals surface area contributed by atoms with E-state index in [1.807, 2.05) is 13.8 Å². The fourth-order valence-electron chi connectivity index (χ4n) is 2.03. The lowest BCUT2D eigenvalue weighted by atomic mass is 10.1. The smallest absolute Gasteiger partial charge is 0.255 e. The predicted molar refractivity (Wildman–Crippen MR) is 94.4 cm³/mol. The quantitative estimate of drug-likeness (QED) is 0.814. The molecule has 2 aromatic carbocycles. The molecule has 0 unspecified atom stereocenters. The van der Waals surface area contributed by atoms with E-state index in [1.165, 1.54) is 25.3 Å².